The zero-order valence-corrected chi connectivity index (χ0v) is 13.6. The zero-order valence-electron chi connectivity index (χ0n) is 13.6. The van der Waals surface area contributed by atoms with Crippen LogP contribution in [-0.2, 0) is 6.54 Å². The SMILES string of the molecule is CCNC(=NCc1ccon1)Nc1ccc(OC)c(OCC)c1. The maximum Gasteiger partial charge on any atom is 0.196 e. The number of hydrogen-bond acceptors (Lipinski definition) is 5. The van der Waals surface area contributed by atoms with Crippen LogP contribution in [-0.4, -0.2) is 31.4 Å². The third-order valence-corrected chi connectivity index (χ3v) is 2.96. The van der Waals surface area contributed by atoms with E-state index in [-0.39, 0.29) is 0 Å². The summed E-state index contributed by atoms with van der Waals surface area (Å²) in [6, 6.07) is 7.43. The number of rotatable bonds is 7. The van der Waals surface area contributed by atoms with Crippen LogP contribution in [0.15, 0.2) is 40.0 Å². The van der Waals surface area contributed by atoms with Crippen molar-refractivity contribution in [1.82, 2.24) is 10.5 Å². The Morgan fingerprint density at radius 1 is 1.26 bits per heavy atom. The molecule has 0 aliphatic carbocycles. The summed E-state index contributed by atoms with van der Waals surface area (Å²) < 4.78 is 15.7. The Balaban J connectivity index is 2.12. The topological polar surface area (TPSA) is 80.9 Å². The summed E-state index contributed by atoms with van der Waals surface area (Å²) in [6.45, 7) is 5.69. The third kappa shape index (κ3) is 4.91. The highest BCUT2D eigenvalue weighted by Gasteiger charge is 2.07. The lowest BCUT2D eigenvalue weighted by Crippen LogP contribution is -2.30. The van der Waals surface area contributed by atoms with Gasteiger partial charge >= 0.3 is 0 Å². The van der Waals surface area contributed by atoms with E-state index in [4.69, 9.17) is 14.0 Å². The second kappa shape index (κ2) is 8.67. The van der Waals surface area contributed by atoms with E-state index in [0.29, 0.717) is 30.6 Å². The molecule has 0 bridgehead atoms. The maximum atomic E-state index is 5.58. The van der Waals surface area contributed by atoms with Crippen LogP contribution < -0.4 is 20.1 Å². The molecule has 2 N–H and O–H groups in total. The Morgan fingerprint density at radius 2 is 2.13 bits per heavy atom. The van der Waals surface area contributed by atoms with Gasteiger partial charge in [-0.15, -0.1) is 0 Å². The molecule has 0 saturated heterocycles. The molecule has 7 heteroatoms. The first-order valence-electron chi connectivity index (χ1n) is 7.52. The fraction of sp³-hybridized carbons (Fsp3) is 0.375. The van der Waals surface area contributed by atoms with Gasteiger partial charge in [-0.1, -0.05) is 5.16 Å². The lowest BCUT2D eigenvalue weighted by molar-refractivity contribution is 0.311. The predicted octanol–water partition coefficient (Wildman–Crippen LogP) is 2.66. The molecule has 0 aliphatic rings. The molecule has 0 aliphatic heterocycles. The quantitative estimate of drug-likeness (QED) is 0.603. The van der Waals surface area contributed by atoms with Crippen molar-refractivity contribution in [2.24, 2.45) is 4.99 Å². The van der Waals surface area contributed by atoms with Crippen LogP contribution in [0.5, 0.6) is 11.5 Å². The van der Waals surface area contributed by atoms with Crippen molar-refractivity contribution in [3.8, 4) is 11.5 Å². The van der Waals surface area contributed by atoms with Gasteiger partial charge in [-0.3, -0.25) is 0 Å². The van der Waals surface area contributed by atoms with Crippen LogP contribution in [0.2, 0.25) is 0 Å². The summed E-state index contributed by atoms with van der Waals surface area (Å²) >= 11 is 0. The van der Waals surface area contributed by atoms with Crippen LogP contribution in [0.25, 0.3) is 0 Å². The van der Waals surface area contributed by atoms with Crippen LogP contribution in [0, 0.1) is 0 Å². The number of benzene rings is 1. The van der Waals surface area contributed by atoms with E-state index in [2.05, 4.69) is 20.8 Å². The van der Waals surface area contributed by atoms with E-state index >= 15 is 0 Å². The van der Waals surface area contributed by atoms with Crippen molar-refractivity contribution >= 4 is 11.6 Å². The Hall–Kier alpha value is -2.70. The van der Waals surface area contributed by atoms with E-state index in [1.807, 2.05) is 32.0 Å². The second-order valence-corrected chi connectivity index (χ2v) is 4.61. The number of nitrogens with one attached hydrogen (secondary N) is 2. The van der Waals surface area contributed by atoms with Crippen LogP contribution in [0.1, 0.15) is 19.5 Å². The molecule has 1 aromatic carbocycles. The number of guanidine groups is 1. The zero-order chi connectivity index (χ0) is 16.5. The number of aromatic nitrogens is 1. The molecule has 0 unspecified atom stereocenters. The number of ether oxygens (including phenoxy) is 2. The van der Waals surface area contributed by atoms with Gasteiger partial charge in [0, 0.05) is 24.4 Å². The highest BCUT2D eigenvalue weighted by molar-refractivity contribution is 5.93. The van der Waals surface area contributed by atoms with Crippen molar-refractivity contribution in [2.75, 3.05) is 25.6 Å². The van der Waals surface area contributed by atoms with Gasteiger partial charge in [-0.2, -0.15) is 0 Å². The lowest BCUT2D eigenvalue weighted by atomic mass is 10.2. The number of nitrogens with zero attached hydrogens (tertiary/aromatic N) is 2. The van der Waals surface area contributed by atoms with Crippen LogP contribution in [0.4, 0.5) is 5.69 Å². The summed E-state index contributed by atoms with van der Waals surface area (Å²) in [6.07, 6.45) is 1.53. The van der Waals surface area contributed by atoms with Crippen LogP contribution in [0.3, 0.4) is 0 Å². The molecule has 0 amide bonds. The highest BCUT2D eigenvalue weighted by Crippen LogP contribution is 2.30. The summed E-state index contributed by atoms with van der Waals surface area (Å²) in [5.41, 5.74) is 1.63. The van der Waals surface area contributed by atoms with E-state index in [9.17, 15) is 0 Å². The fourth-order valence-corrected chi connectivity index (χ4v) is 1.95. The largest absolute Gasteiger partial charge is 0.493 e. The standard InChI is InChI=1S/C16H22N4O3/c1-4-17-16(18-11-13-8-9-23-20-13)19-12-6-7-14(21-3)15(10-12)22-5-2/h6-10H,4-5,11H2,1-3H3,(H2,17,18,19). The number of methoxy groups -OCH3 is 1. The minimum atomic E-state index is 0.431. The van der Waals surface area contributed by atoms with E-state index < -0.39 is 0 Å². The normalized spacial score (nSPS) is 11.2. The van der Waals surface area contributed by atoms with Crippen LogP contribution >= 0.6 is 0 Å². The molecule has 0 atom stereocenters. The first-order valence-corrected chi connectivity index (χ1v) is 7.52. The molecule has 0 fully saturated rings. The van der Waals surface area contributed by atoms with Gasteiger partial charge in [0.25, 0.3) is 0 Å². The first kappa shape index (κ1) is 16.7. The third-order valence-electron chi connectivity index (χ3n) is 2.96. The maximum absolute atomic E-state index is 5.58. The number of hydrogen-bond donors (Lipinski definition) is 2. The molecule has 2 rings (SSSR count). The summed E-state index contributed by atoms with van der Waals surface area (Å²) in [4.78, 5) is 4.47. The van der Waals surface area contributed by atoms with Gasteiger partial charge in [0.1, 0.15) is 12.0 Å². The number of aliphatic imine (C=N–C) groups is 1. The molecule has 0 spiro atoms. The molecule has 23 heavy (non-hydrogen) atoms. The van der Waals surface area contributed by atoms with Crippen molar-refractivity contribution in [3.63, 3.8) is 0 Å². The minimum Gasteiger partial charge on any atom is -0.493 e. The number of anilines is 1. The summed E-state index contributed by atoms with van der Waals surface area (Å²) in [5.74, 6) is 2.04. The van der Waals surface area contributed by atoms with Crippen molar-refractivity contribution in [3.05, 3.63) is 36.2 Å². The smallest absolute Gasteiger partial charge is 0.196 e. The Kier molecular flexibility index (Phi) is 6.28. The molecule has 2 aromatic rings. The van der Waals surface area contributed by atoms with Gasteiger partial charge in [0.05, 0.1) is 20.3 Å². The van der Waals surface area contributed by atoms with Gasteiger partial charge < -0.3 is 24.6 Å². The molecule has 0 saturated carbocycles. The minimum absolute atomic E-state index is 0.431. The molecular weight excluding hydrogens is 296 g/mol. The highest BCUT2D eigenvalue weighted by atomic mass is 16.5. The Morgan fingerprint density at radius 3 is 2.78 bits per heavy atom. The average molecular weight is 318 g/mol. The molecule has 124 valence electrons. The van der Waals surface area contributed by atoms with E-state index in [1.165, 1.54) is 6.26 Å². The lowest BCUT2D eigenvalue weighted by Gasteiger charge is -2.14. The van der Waals surface area contributed by atoms with Crippen molar-refractivity contribution in [1.29, 1.82) is 0 Å². The molecule has 1 heterocycles. The monoisotopic (exact) mass is 318 g/mol. The molecular formula is C16H22N4O3. The molecule has 0 radical (unpaired) electrons. The fourth-order valence-electron chi connectivity index (χ4n) is 1.95. The predicted molar refractivity (Wildman–Crippen MR) is 89.1 cm³/mol. The molecule has 7 nitrogen and oxygen atoms in total. The first-order chi connectivity index (χ1) is 11.3. The summed E-state index contributed by atoms with van der Waals surface area (Å²) in [7, 11) is 1.62. The second-order valence-electron chi connectivity index (χ2n) is 4.61. The van der Waals surface area contributed by atoms with E-state index in [1.54, 1.807) is 13.2 Å². The van der Waals surface area contributed by atoms with Crippen molar-refractivity contribution < 1.29 is 14.0 Å². The summed E-state index contributed by atoms with van der Waals surface area (Å²) in [5, 5.41) is 10.3. The van der Waals surface area contributed by atoms with Gasteiger partial charge in [0.2, 0.25) is 0 Å². The van der Waals surface area contributed by atoms with Gasteiger partial charge in [0.15, 0.2) is 17.5 Å². The van der Waals surface area contributed by atoms with Gasteiger partial charge in [-0.05, 0) is 26.0 Å². The van der Waals surface area contributed by atoms with Gasteiger partial charge in [-0.25, -0.2) is 4.99 Å². The average Bonchev–Trinajstić information content (AvgIpc) is 3.07. The Labute approximate surface area is 135 Å². The van der Waals surface area contributed by atoms with Crippen molar-refractivity contribution in [2.45, 2.75) is 20.4 Å². The molecule has 1 aromatic heterocycles. The van der Waals surface area contributed by atoms with E-state index in [0.717, 1.165) is 17.9 Å². The Bertz CT molecular complexity index is 626.